The normalized spacial score (nSPS) is 13.1. The SMILES string of the molecule is CC(C)[S+]([O-])c1onc(-c2ccccc2)c1-c1ccccc1S(N)(=O)=O. The molecular formula is C18H18N2O4S2. The Morgan fingerprint density at radius 3 is 2.31 bits per heavy atom. The fourth-order valence-electron chi connectivity index (χ4n) is 2.58. The fraction of sp³-hybridized carbons (Fsp3) is 0.167. The number of rotatable bonds is 5. The van der Waals surface area contributed by atoms with Gasteiger partial charge in [0.2, 0.25) is 10.0 Å². The molecule has 0 bridgehead atoms. The van der Waals surface area contributed by atoms with E-state index < -0.39 is 21.2 Å². The van der Waals surface area contributed by atoms with Gasteiger partial charge >= 0.3 is 5.09 Å². The number of sulfonamides is 1. The molecular weight excluding hydrogens is 372 g/mol. The molecule has 1 aromatic heterocycles. The smallest absolute Gasteiger partial charge is 0.344 e. The van der Waals surface area contributed by atoms with Crippen molar-refractivity contribution in [2.45, 2.75) is 29.1 Å². The van der Waals surface area contributed by atoms with Gasteiger partial charge < -0.3 is 9.08 Å². The molecule has 0 saturated heterocycles. The van der Waals surface area contributed by atoms with Gasteiger partial charge in [-0.1, -0.05) is 53.7 Å². The lowest BCUT2D eigenvalue weighted by atomic mass is 10.0. The van der Waals surface area contributed by atoms with Gasteiger partial charge in [0.25, 0.3) is 0 Å². The minimum Gasteiger partial charge on any atom is -0.609 e. The summed E-state index contributed by atoms with van der Waals surface area (Å²) in [7, 11) is -3.99. The predicted octanol–water partition coefficient (Wildman–Crippen LogP) is 3.17. The molecule has 0 radical (unpaired) electrons. The van der Waals surface area contributed by atoms with Crippen LogP contribution < -0.4 is 5.14 Å². The minimum absolute atomic E-state index is 0.0672. The van der Waals surface area contributed by atoms with Gasteiger partial charge in [0, 0.05) is 22.3 Å². The highest BCUT2D eigenvalue weighted by atomic mass is 32.2. The highest BCUT2D eigenvalue weighted by Crippen LogP contribution is 2.40. The molecule has 2 aromatic carbocycles. The zero-order valence-electron chi connectivity index (χ0n) is 14.2. The summed E-state index contributed by atoms with van der Waals surface area (Å²) in [5.74, 6) is 0. The number of aromatic nitrogens is 1. The summed E-state index contributed by atoms with van der Waals surface area (Å²) in [6.07, 6.45) is 0. The first-order valence-corrected chi connectivity index (χ1v) is 10.6. The van der Waals surface area contributed by atoms with Crippen LogP contribution >= 0.6 is 0 Å². The highest BCUT2D eigenvalue weighted by molar-refractivity contribution is 7.92. The van der Waals surface area contributed by atoms with Crippen LogP contribution in [-0.2, 0) is 21.2 Å². The van der Waals surface area contributed by atoms with Gasteiger partial charge in [0.15, 0.2) is 0 Å². The predicted molar refractivity (Wildman–Crippen MR) is 100 cm³/mol. The van der Waals surface area contributed by atoms with Gasteiger partial charge in [-0.15, -0.1) is 0 Å². The molecule has 8 heteroatoms. The molecule has 2 N–H and O–H groups in total. The Hall–Kier alpha value is -2.13. The molecule has 0 fully saturated rings. The molecule has 1 heterocycles. The Morgan fingerprint density at radius 2 is 1.69 bits per heavy atom. The van der Waals surface area contributed by atoms with Crippen LogP contribution in [0.15, 0.2) is 69.1 Å². The number of nitrogens with zero attached hydrogens (tertiary/aromatic N) is 1. The second kappa shape index (κ2) is 7.24. The van der Waals surface area contributed by atoms with Crippen LogP contribution in [0.3, 0.4) is 0 Å². The summed E-state index contributed by atoms with van der Waals surface area (Å²) in [4.78, 5) is -0.0672. The first-order valence-electron chi connectivity index (χ1n) is 7.88. The molecule has 3 aromatic rings. The largest absolute Gasteiger partial charge is 0.609 e. The van der Waals surface area contributed by atoms with E-state index in [2.05, 4.69) is 5.16 Å². The molecule has 0 saturated carbocycles. The van der Waals surface area contributed by atoms with Gasteiger partial charge in [-0.2, -0.15) is 0 Å². The average Bonchev–Trinajstić information content (AvgIpc) is 3.05. The molecule has 136 valence electrons. The van der Waals surface area contributed by atoms with E-state index in [0.29, 0.717) is 16.8 Å². The first kappa shape index (κ1) is 18.7. The van der Waals surface area contributed by atoms with Gasteiger partial charge in [0.1, 0.15) is 16.5 Å². The van der Waals surface area contributed by atoms with Crippen molar-refractivity contribution in [1.82, 2.24) is 5.16 Å². The van der Waals surface area contributed by atoms with Crippen molar-refractivity contribution in [2.75, 3.05) is 0 Å². The minimum atomic E-state index is -3.99. The Bertz CT molecular complexity index is 1010. The van der Waals surface area contributed by atoms with E-state index in [1.54, 1.807) is 32.0 Å². The molecule has 26 heavy (non-hydrogen) atoms. The van der Waals surface area contributed by atoms with Crippen molar-refractivity contribution >= 4 is 21.2 Å². The summed E-state index contributed by atoms with van der Waals surface area (Å²) in [6, 6.07) is 15.5. The molecule has 0 aliphatic rings. The topological polar surface area (TPSA) is 109 Å². The third kappa shape index (κ3) is 3.54. The van der Waals surface area contributed by atoms with Crippen molar-refractivity contribution in [3.05, 3.63) is 54.6 Å². The summed E-state index contributed by atoms with van der Waals surface area (Å²) in [5, 5.41) is 9.37. The standard InChI is InChI=1S/C18H18N2O4S2/c1-12(2)25(21)18-16(14-10-6-7-11-15(14)26(19,22)23)17(20-24-18)13-8-4-3-5-9-13/h3-12H,1-2H3,(H2,19,22,23). The number of hydrogen-bond acceptors (Lipinski definition) is 5. The number of primary sulfonamides is 1. The Kier molecular flexibility index (Phi) is 5.19. The lowest BCUT2D eigenvalue weighted by Crippen LogP contribution is -2.16. The van der Waals surface area contributed by atoms with Crippen LogP contribution in [0.2, 0.25) is 0 Å². The monoisotopic (exact) mass is 390 g/mol. The molecule has 1 atom stereocenters. The first-order chi connectivity index (χ1) is 12.3. The van der Waals surface area contributed by atoms with Crippen LogP contribution in [0.4, 0.5) is 0 Å². The van der Waals surface area contributed by atoms with Gasteiger partial charge in [-0.3, -0.25) is 0 Å². The Balaban J connectivity index is 2.34. The lowest BCUT2D eigenvalue weighted by Gasteiger charge is -2.13. The molecule has 1 unspecified atom stereocenters. The maximum atomic E-state index is 12.7. The lowest BCUT2D eigenvalue weighted by molar-refractivity contribution is 0.341. The summed E-state index contributed by atoms with van der Waals surface area (Å²) in [6.45, 7) is 3.58. The van der Waals surface area contributed by atoms with E-state index in [1.807, 2.05) is 30.3 Å². The average molecular weight is 390 g/mol. The van der Waals surface area contributed by atoms with Crippen molar-refractivity contribution < 1.29 is 17.5 Å². The number of benzene rings is 2. The van der Waals surface area contributed by atoms with Crippen LogP contribution in [0, 0.1) is 0 Å². The van der Waals surface area contributed by atoms with Crippen LogP contribution in [0.5, 0.6) is 0 Å². The maximum absolute atomic E-state index is 12.7. The zero-order valence-corrected chi connectivity index (χ0v) is 15.9. The van der Waals surface area contributed by atoms with E-state index in [9.17, 15) is 13.0 Å². The number of nitrogens with two attached hydrogens (primary N) is 1. The van der Waals surface area contributed by atoms with Crippen LogP contribution in [0.1, 0.15) is 13.8 Å². The molecule has 0 aliphatic heterocycles. The third-order valence-corrected chi connectivity index (χ3v) is 6.25. The molecule has 3 rings (SSSR count). The second-order valence-corrected chi connectivity index (χ2v) is 9.39. The number of hydrogen-bond donors (Lipinski definition) is 1. The quantitative estimate of drug-likeness (QED) is 0.673. The second-order valence-electron chi connectivity index (χ2n) is 5.95. The van der Waals surface area contributed by atoms with Crippen molar-refractivity contribution in [1.29, 1.82) is 0 Å². The zero-order chi connectivity index (χ0) is 18.9. The molecule has 0 amide bonds. The van der Waals surface area contributed by atoms with E-state index in [4.69, 9.17) is 9.66 Å². The van der Waals surface area contributed by atoms with Crippen molar-refractivity contribution in [2.24, 2.45) is 5.14 Å². The summed E-state index contributed by atoms with van der Waals surface area (Å²) >= 11 is -1.50. The maximum Gasteiger partial charge on any atom is 0.344 e. The van der Waals surface area contributed by atoms with Gasteiger partial charge in [-0.25, -0.2) is 13.6 Å². The van der Waals surface area contributed by atoms with E-state index in [-0.39, 0.29) is 15.2 Å². The van der Waals surface area contributed by atoms with E-state index in [1.165, 1.54) is 6.07 Å². The third-order valence-electron chi connectivity index (χ3n) is 3.78. The molecule has 0 spiro atoms. The summed E-state index contributed by atoms with van der Waals surface area (Å²) < 4.78 is 42.3. The summed E-state index contributed by atoms with van der Waals surface area (Å²) in [5.41, 5.74) is 1.85. The van der Waals surface area contributed by atoms with Crippen molar-refractivity contribution in [3.63, 3.8) is 0 Å². The van der Waals surface area contributed by atoms with E-state index >= 15 is 0 Å². The molecule has 6 nitrogen and oxygen atoms in total. The Labute approximate surface area is 155 Å². The highest BCUT2D eigenvalue weighted by Gasteiger charge is 2.32. The van der Waals surface area contributed by atoms with Gasteiger partial charge in [0.05, 0.1) is 4.90 Å². The van der Waals surface area contributed by atoms with Crippen LogP contribution in [-0.4, -0.2) is 23.4 Å². The van der Waals surface area contributed by atoms with Gasteiger partial charge in [-0.05, 0) is 19.9 Å². The van der Waals surface area contributed by atoms with E-state index in [0.717, 1.165) is 5.56 Å². The molecule has 0 aliphatic carbocycles. The van der Waals surface area contributed by atoms with Crippen molar-refractivity contribution in [3.8, 4) is 22.4 Å². The van der Waals surface area contributed by atoms with Crippen LogP contribution in [0.25, 0.3) is 22.4 Å². The fourth-order valence-corrected chi connectivity index (χ4v) is 4.27. The Morgan fingerprint density at radius 1 is 1.08 bits per heavy atom.